The van der Waals surface area contributed by atoms with E-state index in [-0.39, 0.29) is 0 Å². The maximum Gasteiger partial charge on any atom is 0.111 e. The minimum atomic E-state index is 0.725. The minimum Gasteiger partial charge on any atom is -0.497 e. The number of ether oxygens (including phenoxy) is 1. The van der Waals surface area contributed by atoms with Crippen LogP contribution in [0.5, 0.6) is 0 Å². The summed E-state index contributed by atoms with van der Waals surface area (Å²) in [7, 11) is 1.62. The Morgan fingerprint density at radius 2 is 2.33 bits per heavy atom. The molecule has 0 amide bonds. The molecule has 0 heterocycles. The van der Waals surface area contributed by atoms with Gasteiger partial charge in [-0.05, 0) is 12.5 Å². The highest BCUT2D eigenvalue weighted by Crippen LogP contribution is 1.95. The molecule has 1 nitrogen and oxygen atoms in total. The topological polar surface area (TPSA) is 9.23 Å². The zero-order valence-electron chi connectivity index (χ0n) is 6.18. The predicted molar refractivity (Wildman–Crippen MR) is 40.2 cm³/mol. The number of hydrogen-bond acceptors (Lipinski definition) is 1. The van der Waals surface area contributed by atoms with Gasteiger partial charge >= 0.3 is 0 Å². The van der Waals surface area contributed by atoms with Crippen LogP contribution >= 0.6 is 0 Å². The van der Waals surface area contributed by atoms with Gasteiger partial charge < -0.3 is 4.74 Å². The van der Waals surface area contributed by atoms with Crippen LogP contribution in [0.3, 0.4) is 0 Å². The first-order chi connectivity index (χ1) is 4.31. The van der Waals surface area contributed by atoms with Crippen LogP contribution in [-0.4, -0.2) is 7.11 Å². The maximum absolute atomic E-state index is 4.82. The van der Waals surface area contributed by atoms with E-state index in [1.165, 1.54) is 6.42 Å². The van der Waals surface area contributed by atoms with Gasteiger partial charge in [-0.25, -0.2) is 0 Å². The molecule has 0 aromatic carbocycles. The van der Waals surface area contributed by atoms with Crippen LogP contribution in [0.25, 0.3) is 0 Å². The normalized spacial score (nSPS) is 10.0. The molecule has 0 fully saturated rings. The van der Waals surface area contributed by atoms with Crippen molar-refractivity contribution in [2.24, 2.45) is 0 Å². The smallest absolute Gasteiger partial charge is 0.111 e. The number of methoxy groups -OCH3 is 1. The van der Waals surface area contributed by atoms with Gasteiger partial charge in [-0.15, -0.1) is 0 Å². The van der Waals surface area contributed by atoms with Gasteiger partial charge in [-0.3, -0.25) is 0 Å². The molecule has 0 saturated carbocycles. The average Bonchev–Trinajstić information content (AvgIpc) is 1.89. The van der Waals surface area contributed by atoms with Crippen LogP contribution < -0.4 is 0 Å². The SMILES string of the molecule is C=C(/C=C\CCC)OC. The molecule has 9 heavy (non-hydrogen) atoms. The van der Waals surface area contributed by atoms with Crippen LogP contribution in [0.2, 0.25) is 0 Å². The van der Waals surface area contributed by atoms with E-state index in [9.17, 15) is 0 Å². The van der Waals surface area contributed by atoms with Crippen LogP contribution in [0.4, 0.5) is 0 Å². The number of hydrogen-bond donors (Lipinski definition) is 0. The Morgan fingerprint density at radius 1 is 1.67 bits per heavy atom. The summed E-state index contributed by atoms with van der Waals surface area (Å²) < 4.78 is 4.82. The molecule has 0 aliphatic heterocycles. The van der Waals surface area contributed by atoms with Crippen LogP contribution in [0.1, 0.15) is 19.8 Å². The van der Waals surface area contributed by atoms with Crippen molar-refractivity contribution in [3.05, 3.63) is 24.5 Å². The molecule has 0 rings (SSSR count). The van der Waals surface area contributed by atoms with Gasteiger partial charge in [-0.2, -0.15) is 0 Å². The average molecular weight is 126 g/mol. The molecular formula is C8H14O. The predicted octanol–water partition coefficient (Wildman–Crippen LogP) is 2.50. The molecule has 1 heteroatoms. The highest BCUT2D eigenvalue weighted by Gasteiger charge is 1.78. The molecule has 0 unspecified atom stereocenters. The van der Waals surface area contributed by atoms with Gasteiger partial charge in [0.2, 0.25) is 0 Å². The molecule has 0 N–H and O–H groups in total. The van der Waals surface area contributed by atoms with Crippen molar-refractivity contribution in [2.75, 3.05) is 7.11 Å². The van der Waals surface area contributed by atoms with Gasteiger partial charge in [0.25, 0.3) is 0 Å². The molecule has 0 aromatic rings. The van der Waals surface area contributed by atoms with Crippen molar-refractivity contribution in [1.82, 2.24) is 0 Å². The third-order valence-corrected chi connectivity index (χ3v) is 1.02. The van der Waals surface area contributed by atoms with E-state index < -0.39 is 0 Å². The fourth-order valence-electron chi connectivity index (χ4n) is 0.449. The summed E-state index contributed by atoms with van der Waals surface area (Å²) in [6, 6.07) is 0. The first kappa shape index (κ1) is 8.28. The Bertz CT molecular complexity index is 103. The monoisotopic (exact) mass is 126 g/mol. The molecule has 0 aliphatic carbocycles. The third kappa shape index (κ3) is 5.15. The lowest BCUT2D eigenvalue weighted by Gasteiger charge is -1.93. The van der Waals surface area contributed by atoms with Crippen LogP contribution in [0, 0.1) is 0 Å². The van der Waals surface area contributed by atoms with Crippen molar-refractivity contribution in [2.45, 2.75) is 19.8 Å². The van der Waals surface area contributed by atoms with E-state index in [0.717, 1.165) is 12.2 Å². The number of unbranched alkanes of at least 4 members (excludes halogenated alkanes) is 1. The summed E-state index contributed by atoms with van der Waals surface area (Å²) in [5, 5.41) is 0. The lowest BCUT2D eigenvalue weighted by Crippen LogP contribution is -1.76. The lowest BCUT2D eigenvalue weighted by molar-refractivity contribution is 0.308. The molecule has 0 aliphatic rings. The van der Waals surface area contributed by atoms with E-state index >= 15 is 0 Å². The Balaban J connectivity index is 3.32. The Hall–Kier alpha value is -0.720. The van der Waals surface area contributed by atoms with E-state index in [2.05, 4.69) is 19.6 Å². The first-order valence-corrected chi connectivity index (χ1v) is 3.20. The standard InChI is InChI=1S/C8H14O/c1-4-5-6-7-8(2)9-3/h6-7H,2,4-5H2,1,3H3/b7-6-. The van der Waals surface area contributed by atoms with Gasteiger partial charge in [0.1, 0.15) is 5.76 Å². The van der Waals surface area contributed by atoms with Crippen molar-refractivity contribution >= 4 is 0 Å². The fourth-order valence-corrected chi connectivity index (χ4v) is 0.449. The molecule has 52 valence electrons. The van der Waals surface area contributed by atoms with Crippen molar-refractivity contribution in [3.8, 4) is 0 Å². The second kappa shape index (κ2) is 5.42. The summed E-state index contributed by atoms with van der Waals surface area (Å²) in [6.45, 7) is 5.77. The van der Waals surface area contributed by atoms with Gasteiger partial charge in [-0.1, -0.05) is 26.0 Å². The molecular weight excluding hydrogens is 112 g/mol. The van der Waals surface area contributed by atoms with E-state index in [1.807, 2.05) is 6.08 Å². The van der Waals surface area contributed by atoms with Gasteiger partial charge in [0.15, 0.2) is 0 Å². The molecule has 0 spiro atoms. The Labute approximate surface area is 57.0 Å². The summed E-state index contributed by atoms with van der Waals surface area (Å²) in [5.41, 5.74) is 0. The summed E-state index contributed by atoms with van der Waals surface area (Å²) in [6.07, 6.45) is 6.23. The maximum atomic E-state index is 4.82. The zero-order valence-corrected chi connectivity index (χ0v) is 6.18. The highest BCUT2D eigenvalue weighted by molar-refractivity contribution is 5.06. The minimum absolute atomic E-state index is 0.725. The van der Waals surface area contributed by atoms with Crippen molar-refractivity contribution < 1.29 is 4.74 Å². The van der Waals surface area contributed by atoms with E-state index in [4.69, 9.17) is 4.74 Å². The molecule has 0 bridgehead atoms. The second-order valence-corrected chi connectivity index (χ2v) is 1.86. The second-order valence-electron chi connectivity index (χ2n) is 1.86. The van der Waals surface area contributed by atoms with Gasteiger partial charge in [0.05, 0.1) is 7.11 Å². The summed E-state index contributed by atoms with van der Waals surface area (Å²) in [5.74, 6) is 0.725. The van der Waals surface area contributed by atoms with Crippen LogP contribution in [-0.2, 0) is 4.74 Å². The fraction of sp³-hybridized carbons (Fsp3) is 0.500. The Morgan fingerprint density at radius 3 is 2.78 bits per heavy atom. The first-order valence-electron chi connectivity index (χ1n) is 3.20. The molecule has 0 atom stereocenters. The quantitative estimate of drug-likeness (QED) is 0.415. The number of rotatable bonds is 4. The largest absolute Gasteiger partial charge is 0.497 e. The highest BCUT2D eigenvalue weighted by atomic mass is 16.5. The summed E-state index contributed by atoms with van der Waals surface area (Å²) in [4.78, 5) is 0. The summed E-state index contributed by atoms with van der Waals surface area (Å²) >= 11 is 0. The van der Waals surface area contributed by atoms with E-state index in [0.29, 0.717) is 0 Å². The lowest BCUT2D eigenvalue weighted by atomic mass is 10.3. The number of allylic oxidation sites excluding steroid dienone is 2. The molecule has 0 saturated heterocycles. The van der Waals surface area contributed by atoms with Crippen molar-refractivity contribution in [3.63, 3.8) is 0 Å². The van der Waals surface area contributed by atoms with E-state index in [1.54, 1.807) is 7.11 Å². The van der Waals surface area contributed by atoms with Crippen LogP contribution in [0.15, 0.2) is 24.5 Å². The van der Waals surface area contributed by atoms with Gasteiger partial charge in [0, 0.05) is 0 Å². The Kier molecular flexibility index (Phi) is 4.98. The molecule has 0 aromatic heterocycles. The molecule has 0 radical (unpaired) electrons. The third-order valence-electron chi connectivity index (χ3n) is 1.02. The zero-order chi connectivity index (χ0) is 7.11. The van der Waals surface area contributed by atoms with Crippen molar-refractivity contribution in [1.29, 1.82) is 0 Å².